The molecule has 2 aromatic rings. The molecule has 7 nitrogen and oxygen atoms in total. The first-order valence-corrected chi connectivity index (χ1v) is 11.2. The Morgan fingerprint density at radius 3 is 2.31 bits per heavy atom. The molecule has 1 amide bonds. The number of nitrogens with one attached hydrogen (secondary N) is 2. The number of amides is 1. The third-order valence-electron chi connectivity index (χ3n) is 3.87. The Morgan fingerprint density at radius 2 is 1.83 bits per heavy atom. The van der Waals surface area contributed by atoms with Crippen LogP contribution in [-0.4, -0.2) is 25.4 Å². The SMILES string of the molecule is CC(C)(C)OC(=O)N[C@@H](Cc1ccc(NS(=O)[O-])cc1)c1nc(C(C)(C)C)cs1. The topological polar surface area (TPSA) is 103 Å². The quantitative estimate of drug-likeness (QED) is 0.648. The maximum absolute atomic E-state index is 12.4. The minimum atomic E-state index is -2.37. The van der Waals surface area contributed by atoms with E-state index in [0.717, 1.165) is 16.3 Å². The second kappa shape index (κ2) is 9.23. The zero-order chi connectivity index (χ0) is 21.8. The van der Waals surface area contributed by atoms with E-state index in [9.17, 15) is 13.6 Å². The zero-order valence-electron chi connectivity index (χ0n) is 17.6. The van der Waals surface area contributed by atoms with E-state index in [1.54, 1.807) is 12.1 Å². The summed E-state index contributed by atoms with van der Waals surface area (Å²) in [4.78, 5) is 17.1. The van der Waals surface area contributed by atoms with Crippen LogP contribution < -0.4 is 10.0 Å². The molecule has 0 aliphatic heterocycles. The predicted molar refractivity (Wildman–Crippen MR) is 116 cm³/mol. The third-order valence-corrected chi connectivity index (χ3v) is 5.24. The van der Waals surface area contributed by atoms with E-state index in [-0.39, 0.29) is 11.5 Å². The molecule has 0 spiro atoms. The lowest BCUT2D eigenvalue weighted by molar-refractivity contribution is 0.0503. The maximum atomic E-state index is 12.4. The van der Waals surface area contributed by atoms with Crippen molar-refractivity contribution in [2.45, 2.75) is 65.0 Å². The molecule has 0 saturated heterocycles. The minimum Gasteiger partial charge on any atom is -0.755 e. The highest BCUT2D eigenvalue weighted by Crippen LogP contribution is 2.29. The smallest absolute Gasteiger partial charge is 0.408 e. The van der Waals surface area contributed by atoms with Crippen molar-refractivity contribution in [3.05, 3.63) is 45.9 Å². The van der Waals surface area contributed by atoms with Crippen LogP contribution in [-0.2, 0) is 27.8 Å². The Morgan fingerprint density at radius 1 is 1.21 bits per heavy atom. The van der Waals surface area contributed by atoms with Gasteiger partial charge in [0.2, 0.25) is 0 Å². The molecule has 1 aromatic carbocycles. The van der Waals surface area contributed by atoms with Gasteiger partial charge in [0.15, 0.2) is 0 Å². The summed E-state index contributed by atoms with van der Waals surface area (Å²) in [6, 6.07) is 6.63. The van der Waals surface area contributed by atoms with Crippen molar-refractivity contribution in [2.24, 2.45) is 0 Å². The number of hydrogen-bond donors (Lipinski definition) is 2. The van der Waals surface area contributed by atoms with E-state index >= 15 is 0 Å². The van der Waals surface area contributed by atoms with Gasteiger partial charge in [-0.1, -0.05) is 32.9 Å². The lowest BCUT2D eigenvalue weighted by Crippen LogP contribution is -2.35. The third kappa shape index (κ3) is 7.75. The number of carbonyl (C=O) groups excluding carboxylic acids is 1. The van der Waals surface area contributed by atoms with Crippen LogP contribution in [0.4, 0.5) is 10.5 Å². The fourth-order valence-corrected chi connectivity index (χ4v) is 3.91. The highest BCUT2D eigenvalue weighted by Gasteiger charge is 2.25. The standard InChI is InChI=1S/C20H29N3O4S2/c1-19(2,3)16-12-28-17(22-16)15(21-18(24)27-20(4,5)6)11-13-7-9-14(10-8-13)23-29(25)26/h7-10,12,15,23H,11H2,1-6H3,(H,21,24)(H,25,26)/p-1/t15-/m0/s1. The zero-order valence-corrected chi connectivity index (χ0v) is 19.2. The Labute approximate surface area is 178 Å². The van der Waals surface area contributed by atoms with Crippen molar-refractivity contribution in [1.82, 2.24) is 10.3 Å². The van der Waals surface area contributed by atoms with Gasteiger partial charge in [0.1, 0.15) is 10.6 Å². The van der Waals surface area contributed by atoms with E-state index in [2.05, 4.69) is 30.8 Å². The molecular weight excluding hydrogens is 410 g/mol. The Hall–Kier alpha value is -1.97. The summed E-state index contributed by atoms with van der Waals surface area (Å²) < 4.78 is 29.2. The van der Waals surface area contributed by atoms with Crippen molar-refractivity contribution in [2.75, 3.05) is 4.72 Å². The first-order chi connectivity index (χ1) is 13.3. The van der Waals surface area contributed by atoms with E-state index in [0.29, 0.717) is 12.1 Å². The lowest BCUT2D eigenvalue weighted by Gasteiger charge is -2.23. The van der Waals surface area contributed by atoms with Gasteiger partial charge in [0.25, 0.3) is 0 Å². The Kier molecular flexibility index (Phi) is 7.42. The van der Waals surface area contributed by atoms with Gasteiger partial charge >= 0.3 is 6.09 Å². The summed E-state index contributed by atoms with van der Waals surface area (Å²) in [5, 5.41) is 5.73. The van der Waals surface area contributed by atoms with Crippen molar-refractivity contribution in [3.63, 3.8) is 0 Å². The van der Waals surface area contributed by atoms with E-state index in [1.807, 2.05) is 38.3 Å². The molecule has 0 fully saturated rings. The molecule has 2 N–H and O–H groups in total. The molecule has 160 valence electrons. The van der Waals surface area contributed by atoms with Crippen molar-refractivity contribution < 1.29 is 18.3 Å². The minimum absolute atomic E-state index is 0.0908. The number of hydrogen-bond acceptors (Lipinski definition) is 6. The number of aromatic nitrogens is 1. The first-order valence-electron chi connectivity index (χ1n) is 9.24. The monoisotopic (exact) mass is 438 g/mol. The summed E-state index contributed by atoms with van der Waals surface area (Å²) >= 11 is -0.869. The fraction of sp³-hybridized carbons (Fsp3) is 0.500. The van der Waals surface area contributed by atoms with E-state index in [4.69, 9.17) is 9.72 Å². The second-order valence-corrected chi connectivity index (χ2v) is 10.3. The molecule has 1 aromatic heterocycles. The van der Waals surface area contributed by atoms with Gasteiger partial charge in [0.05, 0.1) is 11.7 Å². The molecule has 2 atom stereocenters. The van der Waals surface area contributed by atoms with Crippen molar-refractivity contribution >= 4 is 34.4 Å². The summed E-state index contributed by atoms with van der Waals surface area (Å²) in [5.74, 6) is 0. The van der Waals surface area contributed by atoms with Crippen LogP contribution in [0.15, 0.2) is 29.6 Å². The lowest BCUT2D eigenvalue weighted by atomic mass is 9.93. The number of nitrogens with zero attached hydrogens (tertiary/aromatic N) is 1. The van der Waals surface area contributed by atoms with Crippen LogP contribution in [0.25, 0.3) is 0 Å². The first kappa shape index (κ1) is 23.3. The number of anilines is 1. The number of alkyl carbamates (subject to hydrolysis) is 1. The van der Waals surface area contributed by atoms with Gasteiger partial charge < -0.3 is 19.3 Å². The molecule has 0 bridgehead atoms. The molecule has 9 heteroatoms. The van der Waals surface area contributed by atoms with Gasteiger partial charge in [-0.15, -0.1) is 11.3 Å². The number of carbonyl (C=O) groups is 1. The summed E-state index contributed by atoms with van der Waals surface area (Å²) in [6.07, 6.45) is -0.00748. The molecule has 0 radical (unpaired) electrons. The number of ether oxygens (including phenoxy) is 1. The van der Waals surface area contributed by atoms with Gasteiger partial charge in [-0.25, -0.2) is 9.78 Å². The van der Waals surface area contributed by atoms with Gasteiger partial charge in [-0.3, -0.25) is 4.21 Å². The number of rotatable bonds is 6. The average molecular weight is 439 g/mol. The average Bonchev–Trinajstić information content (AvgIpc) is 3.04. The van der Waals surface area contributed by atoms with E-state index in [1.165, 1.54) is 11.3 Å². The molecule has 0 aliphatic rings. The number of benzene rings is 1. The molecular formula is C20H28N3O4S2-. The van der Waals surface area contributed by atoms with Crippen LogP contribution in [0.3, 0.4) is 0 Å². The summed E-state index contributed by atoms with van der Waals surface area (Å²) in [5.41, 5.74) is 1.68. The molecule has 0 aliphatic carbocycles. The molecule has 29 heavy (non-hydrogen) atoms. The molecule has 1 heterocycles. The fourth-order valence-electron chi connectivity index (χ4n) is 2.48. The van der Waals surface area contributed by atoms with Crippen LogP contribution in [0.1, 0.15) is 63.8 Å². The molecule has 0 saturated carbocycles. The van der Waals surface area contributed by atoms with Crippen LogP contribution in [0.5, 0.6) is 0 Å². The number of thiazole rings is 1. The van der Waals surface area contributed by atoms with Crippen molar-refractivity contribution in [3.8, 4) is 0 Å². The normalized spacial score (nSPS) is 14.2. The Balaban J connectivity index is 2.23. The Bertz CT molecular complexity index is 852. The second-order valence-electron chi connectivity index (χ2n) is 8.76. The van der Waals surface area contributed by atoms with Crippen LogP contribution in [0.2, 0.25) is 0 Å². The van der Waals surface area contributed by atoms with Crippen molar-refractivity contribution in [1.29, 1.82) is 0 Å². The van der Waals surface area contributed by atoms with Gasteiger partial charge in [0, 0.05) is 27.7 Å². The summed E-state index contributed by atoms with van der Waals surface area (Å²) in [6.45, 7) is 11.7. The molecule has 1 unspecified atom stereocenters. The highest BCUT2D eigenvalue weighted by atomic mass is 32.2. The van der Waals surface area contributed by atoms with Crippen LogP contribution in [0, 0.1) is 0 Å². The summed E-state index contributed by atoms with van der Waals surface area (Å²) in [7, 11) is 0. The highest BCUT2D eigenvalue weighted by molar-refractivity contribution is 7.80. The molecule has 2 rings (SSSR count). The maximum Gasteiger partial charge on any atom is 0.408 e. The van der Waals surface area contributed by atoms with Gasteiger partial charge in [-0.05, 0) is 44.9 Å². The van der Waals surface area contributed by atoms with E-state index < -0.39 is 23.0 Å². The largest absolute Gasteiger partial charge is 0.755 e. The predicted octanol–water partition coefficient (Wildman–Crippen LogP) is 4.46. The van der Waals surface area contributed by atoms with Crippen LogP contribution >= 0.6 is 11.3 Å². The van der Waals surface area contributed by atoms with Gasteiger partial charge in [-0.2, -0.15) is 0 Å².